The fourth-order valence-corrected chi connectivity index (χ4v) is 1.97. The van der Waals surface area contributed by atoms with Gasteiger partial charge in [0.15, 0.2) is 0 Å². The molecular formula is C15H24N2O2. The molecule has 0 fully saturated rings. The molecule has 1 amide bonds. The molecule has 0 aromatic heterocycles. The van der Waals surface area contributed by atoms with E-state index in [1.54, 1.807) is 7.11 Å². The standard InChI is InChI=1S/C15H24N2O2/c1-4-8-14(11-19-3)16-12(2)15(18)17-13-9-6-5-7-10-13/h5-7,9-10,12,14,16H,4,8,11H2,1-3H3,(H,17,18). The van der Waals surface area contributed by atoms with Crippen molar-refractivity contribution in [1.82, 2.24) is 5.32 Å². The lowest BCUT2D eigenvalue weighted by Gasteiger charge is -2.22. The molecular weight excluding hydrogens is 240 g/mol. The van der Waals surface area contributed by atoms with Gasteiger partial charge in [-0.1, -0.05) is 31.5 Å². The molecule has 0 bridgehead atoms. The number of hydrogen-bond donors (Lipinski definition) is 2. The summed E-state index contributed by atoms with van der Waals surface area (Å²) in [5.74, 6) is -0.0246. The van der Waals surface area contributed by atoms with Crippen molar-refractivity contribution in [2.24, 2.45) is 0 Å². The SMILES string of the molecule is CCCC(COC)NC(C)C(=O)Nc1ccccc1. The van der Waals surface area contributed by atoms with Gasteiger partial charge in [0, 0.05) is 18.8 Å². The zero-order chi connectivity index (χ0) is 14.1. The summed E-state index contributed by atoms with van der Waals surface area (Å²) in [6.45, 7) is 4.62. The van der Waals surface area contributed by atoms with Crippen LogP contribution in [0.5, 0.6) is 0 Å². The van der Waals surface area contributed by atoms with Crippen molar-refractivity contribution in [3.8, 4) is 0 Å². The van der Waals surface area contributed by atoms with E-state index in [1.807, 2.05) is 37.3 Å². The fourth-order valence-electron chi connectivity index (χ4n) is 1.97. The molecule has 19 heavy (non-hydrogen) atoms. The van der Waals surface area contributed by atoms with Gasteiger partial charge in [0.05, 0.1) is 12.6 Å². The predicted octanol–water partition coefficient (Wildman–Crippen LogP) is 2.42. The molecule has 0 aliphatic carbocycles. The first-order valence-corrected chi connectivity index (χ1v) is 6.78. The van der Waals surface area contributed by atoms with Gasteiger partial charge in [-0.05, 0) is 25.5 Å². The maximum Gasteiger partial charge on any atom is 0.241 e. The summed E-state index contributed by atoms with van der Waals surface area (Å²) in [5.41, 5.74) is 0.819. The third-order valence-corrected chi connectivity index (χ3v) is 2.93. The van der Waals surface area contributed by atoms with E-state index >= 15 is 0 Å². The van der Waals surface area contributed by atoms with Crippen LogP contribution in [-0.2, 0) is 9.53 Å². The van der Waals surface area contributed by atoms with Gasteiger partial charge in [-0.3, -0.25) is 4.79 Å². The predicted molar refractivity (Wildman–Crippen MR) is 78.2 cm³/mol. The maximum atomic E-state index is 12.0. The van der Waals surface area contributed by atoms with E-state index in [4.69, 9.17) is 4.74 Å². The molecule has 1 aromatic rings. The first-order valence-electron chi connectivity index (χ1n) is 6.78. The van der Waals surface area contributed by atoms with Crippen LogP contribution >= 0.6 is 0 Å². The number of benzene rings is 1. The molecule has 1 aromatic carbocycles. The Morgan fingerprint density at radius 2 is 2.00 bits per heavy atom. The van der Waals surface area contributed by atoms with Crippen molar-refractivity contribution < 1.29 is 9.53 Å². The van der Waals surface area contributed by atoms with Crippen LogP contribution in [-0.4, -0.2) is 31.7 Å². The summed E-state index contributed by atoms with van der Waals surface area (Å²) in [6.07, 6.45) is 2.06. The molecule has 0 saturated heterocycles. The smallest absolute Gasteiger partial charge is 0.241 e. The first kappa shape index (κ1) is 15.7. The van der Waals surface area contributed by atoms with Crippen molar-refractivity contribution in [2.45, 2.75) is 38.8 Å². The molecule has 2 unspecified atom stereocenters. The number of para-hydroxylation sites is 1. The van der Waals surface area contributed by atoms with Crippen LogP contribution in [0.25, 0.3) is 0 Å². The van der Waals surface area contributed by atoms with Crippen molar-refractivity contribution in [2.75, 3.05) is 19.0 Å². The number of anilines is 1. The maximum absolute atomic E-state index is 12.0. The lowest BCUT2D eigenvalue weighted by atomic mass is 10.1. The van der Waals surface area contributed by atoms with Gasteiger partial charge in [-0.2, -0.15) is 0 Å². The fraction of sp³-hybridized carbons (Fsp3) is 0.533. The molecule has 0 saturated carbocycles. The first-order chi connectivity index (χ1) is 9.17. The minimum Gasteiger partial charge on any atom is -0.383 e. The largest absolute Gasteiger partial charge is 0.383 e. The van der Waals surface area contributed by atoms with Crippen LogP contribution in [0.3, 0.4) is 0 Å². The monoisotopic (exact) mass is 264 g/mol. The zero-order valence-electron chi connectivity index (χ0n) is 12.0. The summed E-state index contributed by atoms with van der Waals surface area (Å²) >= 11 is 0. The van der Waals surface area contributed by atoms with Crippen LogP contribution in [0.15, 0.2) is 30.3 Å². The Balaban J connectivity index is 2.47. The second-order valence-corrected chi connectivity index (χ2v) is 4.68. The molecule has 0 radical (unpaired) electrons. The molecule has 4 heteroatoms. The molecule has 4 nitrogen and oxygen atoms in total. The summed E-state index contributed by atoms with van der Waals surface area (Å²) in [5, 5.41) is 6.19. The summed E-state index contributed by atoms with van der Waals surface area (Å²) < 4.78 is 5.16. The van der Waals surface area contributed by atoms with Crippen molar-refractivity contribution in [1.29, 1.82) is 0 Å². The molecule has 2 atom stereocenters. The number of rotatable bonds is 8. The van der Waals surface area contributed by atoms with Crippen molar-refractivity contribution in [3.05, 3.63) is 30.3 Å². The van der Waals surface area contributed by atoms with E-state index in [0.29, 0.717) is 6.61 Å². The van der Waals surface area contributed by atoms with Crippen LogP contribution in [0.1, 0.15) is 26.7 Å². The number of methoxy groups -OCH3 is 1. The molecule has 0 aliphatic rings. The summed E-state index contributed by atoms with van der Waals surface area (Å²) in [7, 11) is 1.68. The van der Waals surface area contributed by atoms with E-state index in [1.165, 1.54) is 0 Å². The van der Waals surface area contributed by atoms with Gasteiger partial charge in [0.25, 0.3) is 0 Å². The van der Waals surface area contributed by atoms with Gasteiger partial charge < -0.3 is 15.4 Å². The molecule has 106 valence electrons. The van der Waals surface area contributed by atoms with Crippen molar-refractivity contribution in [3.63, 3.8) is 0 Å². The Labute approximate surface area is 115 Å². The highest BCUT2D eigenvalue weighted by Gasteiger charge is 2.17. The highest BCUT2D eigenvalue weighted by atomic mass is 16.5. The van der Waals surface area contributed by atoms with E-state index in [0.717, 1.165) is 18.5 Å². The van der Waals surface area contributed by atoms with E-state index < -0.39 is 0 Å². The quantitative estimate of drug-likeness (QED) is 0.758. The number of carbonyl (C=O) groups excluding carboxylic acids is 1. The van der Waals surface area contributed by atoms with E-state index in [9.17, 15) is 4.79 Å². The second-order valence-electron chi connectivity index (χ2n) is 4.68. The average Bonchev–Trinajstić information content (AvgIpc) is 2.40. The van der Waals surface area contributed by atoms with Gasteiger partial charge in [-0.25, -0.2) is 0 Å². The Hall–Kier alpha value is -1.39. The Morgan fingerprint density at radius 1 is 1.32 bits per heavy atom. The van der Waals surface area contributed by atoms with Crippen LogP contribution in [0.4, 0.5) is 5.69 Å². The lowest BCUT2D eigenvalue weighted by molar-refractivity contribution is -0.118. The molecule has 0 spiro atoms. The molecule has 0 aliphatic heterocycles. The van der Waals surface area contributed by atoms with Gasteiger partial charge in [-0.15, -0.1) is 0 Å². The topological polar surface area (TPSA) is 50.4 Å². The van der Waals surface area contributed by atoms with Crippen LogP contribution in [0, 0.1) is 0 Å². The molecule has 0 heterocycles. The number of ether oxygens (including phenoxy) is 1. The average molecular weight is 264 g/mol. The highest BCUT2D eigenvalue weighted by Crippen LogP contribution is 2.06. The lowest BCUT2D eigenvalue weighted by Crippen LogP contribution is -2.45. The zero-order valence-corrected chi connectivity index (χ0v) is 12.0. The second kappa shape index (κ2) is 8.67. The summed E-state index contributed by atoms with van der Waals surface area (Å²) in [6, 6.07) is 9.45. The molecule has 1 rings (SSSR count). The highest BCUT2D eigenvalue weighted by molar-refractivity contribution is 5.94. The van der Waals surface area contributed by atoms with Crippen molar-refractivity contribution >= 4 is 11.6 Å². The Kier molecular flexibility index (Phi) is 7.15. The minimum absolute atomic E-state index is 0.0246. The van der Waals surface area contributed by atoms with Gasteiger partial charge >= 0.3 is 0 Å². The number of nitrogens with one attached hydrogen (secondary N) is 2. The Morgan fingerprint density at radius 3 is 2.58 bits per heavy atom. The summed E-state index contributed by atoms with van der Waals surface area (Å²) in [4.78, 5) is 12.0. The van der Waals surface area contributed by atoms with Crippen LogP contribution in [0.2, 0.25) is 0 Å². The van der Waals surface area contributed by atoms with E-state index in [2.05, 4.69) is 17.6 Å². The minimum atomic E-state index is -0.244. The number of amides is 1. The Bertz CT molecular complexity index is 362. The normalized spacial score (nSPS) is 13.8. The number of hydrogen-bond acceptors (Lipinski definition) is 3. The van der Waals surface area contributed by atoms with E-state index in [-0.39, 0.29) is 18.0 Å². The van der Waals surface area contributed by atoms with Gasteiger partial charge in [0.2, 0.25) is 5.91 Å². The third-order valence-electron chi connectivity index (χ3n) is 2.93. The molecule has 2 N–H and O–H groups in total. The van der Waals surface area contributed by atoms with Gasteiger partial charge in [0.1, 0.15) is 0 Å². The van der Waals surface area contributed by atoms with Crippen LogP contribution < -0.4 is 10.6 Å². The third kappa shape index (κ3) is 5.85. The number of carbonyl (C=O) groups is 1.